The van der Waals surface area contributed by atoms with Gasteiger partial charge in [0.15, 0.2) is 0 Å². The van der Waals surface area contributed by atoms with Crippen LogP contribution in [0.25, 0.3) is 0 Å². The molecule has 3 rings (SSSR count). The molecule has 2 aliphatic rings. The first kappa shape index (κ1) is 10.6. The molecule has 0 atom stereocenters. The summed E-state index contributed by atoms with van der Waals surface area (Å²) in [7, 11) is 1.91. The average Bonchev–Trinajstić information content (AvgIpc) is 2.70. The molecule has 2 fully saturated rings. The largest absolute Gasteiger partial charge is 0.321 e. The van der Waals surface area contributed by atoms with Crippen LogP contribution in [0.15, 0.2) is 0 Å². The summed E-state index contributed by atoms with van der Waals surface area (Å²) >= 11 is 6.34. The Kier molecular flexibility index (Phi) is 2.30. The Bertz CT molecular complexity index is 414. The summed E-state index contributed by atoms with van der Waals surface area (Å²) in [6, 6.07) is 0. The highest BCUT2D eigenvalue weighted by molar-refractivity contribution is 6.30. The molecule has 2 N–H and O–H groups in total. The maximum atomic E-state index is 6.34. The average molecular weight is 240 g/mol. The first-order valence-electron chi connectivity index (χ1n) is 6.13. The molecule has 1 aromatic rings. The Labute approximate surface area is 101 Å². The Morgan fingerprint density at radius 1 is 1.38 bits per heavy atom. The standard InChI is InChI=1S/C12H18ClN3/c1-16-11(13)9(12(14)6-7-12)10(15-16)8-4-2-3-5-8/h8H,2-7,14H2,1H3. The van der Waals surface area contributed by atoms with Crippen LogP contribution in [0.4, 0.5) is 0 Å². The molecule has 0 bridgehead atoms. The van der Waals surface area contributed by atoms with Gasteiger partial charge in [-0.1, -0.05) is 24.4 Å². The van der Waals surface area contributed by atoms with Crippen LogP contribution in [-0.2, 0) is 12.6 Å². The summed E-state index contributed by atoms with van der Waals surface area (Å²) < 4.78 is 1.79. The zero-order valence-electron chi connectivity index (χ0n) is 9.67. The summed E-state index contributed by atoms with van der Waals surface area (Å²) in [4.78, 5) is 0. The lowest BCUT2D eigenvalue weighted by Gasteiger charge is -2.13. The molecule has 2 aliphatic carbocycles. The molecule has 0 amide bonds. The molecule has 88 valence electrons. The van der Waals surface area contributed by atoms with Crippen LogP contribution in [0.5, 0.6) is 0 Å². The van der Waals surface area contributed by atoms with Crippen LogP contribution in [0, 0.1) is 0 Å². The third-order valence-electron chi connectivity index (χ3n) is 4.03. The number of hydrogen-bond donors (Lipinski definition) is 1. The first-order valence-corrected chi connectivity index (χ1v) is 6.51. The lowest BCUT2D eigenvalue weighted by molar-refractivity contribution is 0.639. The Hall–Kier alpha value is -0.540. The highest BCUT2D eigenvalue weighted by Gasteiger charge is 2.46. The Morgan fingerprint density at radius 3 is 2.56 bits per heavy atom. The summed E-state index contributed by atoms with van der Waals surface area (Å²) in [5.41, 5.74) is 8.48. The number of hydrogen-bond acceptors (Lipinski definition) is 2. The van der Waals surface area contributed by atoms with Crippen LogP contribution in [-0.4, -0.2) is 9.78 Å². The van der Waals surface area contributed by atoms with Crippen LogP contribution >= 0.6 is 11.6 Å². The molecule has 0 unspecified atom stereocenters. The number of aromatic nitrogens is 2. The molecule has 0 spiro atoms. The van der Waals surface area contributed by atoms with Crippen molar-refractivity contribution in [3.63, 3.8) is 0 Å². The minimum Gasteiger partial charge on any atom is -0.321 e. The molecule has 3 nitrogen and oxygen atoms in total. The normalized spacial score (nSPS) is 23.9. The number of aryl methyl sites for hydroxylation is 1. The van der Waals surface area contributed by atoms with Crippen molar-refractivity contribution in [2.24, 2.45) is 12.8 Å². The zero-order chi connectivity index (χ0) is 11.3. The summed E-state index contributed by atoms with van der Waals surface area (Å²) in [5, 5.41) is 5.36. The topological polar surface area (TPSA) is 43.8 Å². The second kappa shape index (κ2) is 3.47. The van der Waals surface area contributed by atoms with Crippen molar-refractivity contribution in [3.8, 4) is 0 Å². The monoisotopic (exact) mass is 239 g/mol. The Balaban J connectivity index is 2.06. The van der Waals surface area contributed by atoms with Crippen molar-refractivity contribution in [3.05, 3.63) is 16.4 Å². The second-order valence-corrected chi connectivity index (χ2v) is 5.67. The Morgan fingerprint density at radius 2 is 2.00 bits per heavy atom. The number of nitrogens with zero attached hydrogens (tertiary/aromatic N) is 2. The van der Waals surface area contributed by atoms with Gasteiger partial charge in [-0.2, -0.15) is 5.10 Å². The van der Waals surface area contributed by atoms with E-state index in [0.717, 1.165) is 23.6 Å². The third kappa shape index (κ3) is 1.49. The summed E-state index contributed by atoms with van der Waals surface area (Å²) in [5.74, 6) is 0.592. The van der Waals surface area contributed by atoms with E-state index in [2.05, 4.69) is 5.10 Å². The molecule has 1 heterocycles. The number of rotatable bonds is 2. The molecular formula is C12H18ClN3. The maximum absolute atomic E-state index is 6.34. The quantitative estimate of drug-likeness (QED) is 0.863. The fourth-order valence-electron chi connectivity index (χ4n) is 2.85. The van der Waals surface area contributed by atoms with E-state index in [9.17, 15) is 0 Å². The first-order chi connectivity index (χ1) is 7.62. The van der Waals surface area contributed by atoms with E-state index in [1.54, 1.807) is 4.68 Å². The third-order valence-corrected chi connectivity index (χ3v) is 4.47. The predicted molar refractivity (Wildman–Crippen MR) is 64.5 cm³/mol. The number of halogens is 1. The van der Waals surface area contributed by atoms with Crippen LogP contribution in [0.1, 0.15) is 55.7 Å². The fraction of sp³-hybridized carbons (Fsp3) is 0.750. The smallest absolute Gasteiger partial charge is 0.132 e. The van der Waals surface area contributed by atoms with Gasteiger partial charge in [-0.05, 0) is 25.7 Å². The SMILES string of the molecule is Cn1nc(C2CCCC2)c(C2(N)CC2)c1Cl. The van der Waals surface area contributed by atoms with Gasteiger partial charge < -0.3 is 5.73 Å². The van der Waals surface area contributed by atoms with Gasteiger partial charge in [0.2, 0.25) is 0 Å². The van der Waals surface area contributed by atoms with E-state index in [1.807, 2.05) is 7.05 Å². The summed E-state index contributed by atoms with van der Waals surface area (Å²) in [6.45, 7) is 0. The fourth-order valence-corrected chi connectivity index (χ4v) is 3.18. The van der Waals surface area contributed by atoms with Crippen molar-refractivity contribution in [2.75, 3.05) is 0 Å². The minimum absolute atomic E-state index is 0.163. The molecule has 0 saturated heterocycles. The highest BCUT2D eigenvalue weighted by Crippen LogP contribution is 2.50. The van der Waals surface area contributed by atoms with Gasteiger partial charge >= 0.3 is 0 Å². The highest BCUT2D eigenvalue weighted by atomic mass is 35.5. The van der Waals surface area contributed by atoms with Crippen molar-refractivity contribution >= 4 is 11.6 Å². The molecule has 16 heavy (non-hydrogen) atoms. The van der Waals surface area contributed by atoms with Crippen LogP contribution in [0.3, 0.4) is 0 Å². The van der Waals surface area contributed by atoms with Gasteiger partial charge in [0.1, 0.15) is 5.15 Å². The van der Waals surface area contributed by atoms with Gasteiger partial charge in [-0.15, -0.1) is 0 Å². The van der Waals surface area contributed by atoms with E-state index in [1.165, 1.54) is 31.4 Å². The maximum Gasteiger partial charge on any atom is 0.132 e. The molecule has 2 saturated carbocycles. The van der Waals surface area contributed by atoms with Crippen LogP contribution < -0.4 is 5.73 Å². The van der Waals surface area contributed by atoms with Crippen molar-refractivity contribution in [1.29, 1.82) is 0 Å². The zero-order valence-corrected chi connectivity index (χ0v) is 10.4. The van der Waals surface area contributed by atoms with Crippen LogP contribution in [0.2, 0.25) is 5.15 Å². The lowest BCUT2D eigenvalue weighted by atomic mass is 9.96. The molecule has 0 radical (unpaired) electrons. The molecule has 1 aromatic heterocycles. The molecular weight excluding hydrogens is 222 g/mol. The predicted octanol–water partition coefficient (Wildman–Crippen LogP) is 2.68. The van der Waals surface area contributed by atoms with Gasteiger partial charge in [0.05, 0.1) is 5.69 Å². The molecule has 0 aliphatic heterocycles. The van der Waals surface area contributed by atoms with E-state index < -0.39 is 0 Å². The van der Waals surface area contributed by atoms with E-state index >= 15 is 0 Å². The van der Waals surface area contributed by atoms with Crippen molar-refractivity contribution < 1.29 is 0 Å². The molecule has 4 heteroatoms. The van der Waals surface area contributed by atoms with E-state index in [4.69, 9.17) is 17.3 Å². The lowest BCUT2D eigenvalue weighted by Crippen LogP contribution is -2.21. The van der Waals surface area contributed by atoms with Crippen molar-refractivity contribution in [2.45, 2.75) is 50.0 Å². The van der Waals surface area contributed by atoms with Crippen molar-refractivity contribution in [1.82, 2.24) is 9.78 Å². The van der Waals surface area contributed by atoms with Gasteiger partial charge in [-0.3, -0.25) is 4.68 Å². The second-order valence-electron chi connectivity index (χ2n) is 5.31. The summed E-state index contributed by atoms with van der Waals surface area (Å²) in [6.07, 6.45) is 7.23. The van der Waals surface area contributed by atoms with Gasteiger partial charge in [0.25, 0.3) is 0 Å². The van der Waals surface area contributed by atoms with E-state index in [-0.39, 0.29) is 5.54 Å². The van der Waals surface area contributed by atoms with Gasteiger partial charge in [0, 0.05) is 24.1 Å². The van der Waals surface area contributed by atoms with E-state index in [0.29, 0.717) is 5.92 Å². The minimum atomic E-state index is -0.163. The van der Waals surface area contributed by atoms with Gasteiger partial charge in [-0.25, -0.2) is 0 Å². The number of nitrogens with two attached hydrogens (primary N) is 1. The molecule has 0 aromatic carbocycles.